The molecule has 0 spiro atoms. The van der Waals surface area contributed by atoms with Crippen molar-refractivity contribution in [1.82, 2.24) is 0 Å². The molecule has 66 valence electrons. The van der Waals surface area contributed by atoms with Crippen LogP contribution in [-0.2, 0) is 29.2 Å². The Balaban J connectivity index is 3.82. The normalized spacial score (nSPS) is 18.7. The van der Waals surface area contributed by atoms with E-state index in [-0.39, 0.29) is 6.61 Å². The van der Waals surface area contributed by atoms with Crippen molar-refractivity contribution < 1.29 is 22.8 Å². The molecule has 0 aliphatic heterocycles. The van der Waals surface area contributed by atoms with Gasteiger partial charge in [-0.2, -0.15) is 4.21 Å². The minimum absolute atomic E-state index is 0.353. The predicted octanol–water partition coefficient (Wildman–Crippen LogP) is -0.142. The topological polar surface area (TPSA) is 83.8 Å². The highest BCUT2D eigenvalue weighted by Gasteiger charge is 2.13. The first kappa shape index (κ1) is 10.8. The maximum atomic E-state index is 10.3. The molecule has 0 aliphatic rings. The molecule has 0 aliphatic carbocycles. The number of rotatable bonds is 4. The zero-order valence-electron chi connectivity index (χ0n) is 5.72. The maximum Gasteiger partial charge on any atom is 0.308 e. The van der Waals surface area contributed by atoms with Gasteiger partial charge in [-0.1, -0.05) is 0 Å². The van der Waals surface area contributed by atoms with Crippen molar-refractivity contribution in [3.05, 3.63) is 0 Å². The second-order valence-corrected chi connectivity index (χ2v) is 4.31. The zero-order chi connectivity index (χ0) is 9.07. The molecule has 0 saturated carbocycles. The summed E-state index contributed by atoms with van der Waals surface area (Å²) >= 11 is 3.96. The van der Waals surface area contributed by atoms with E-state index in [4.69, 9.17) is 9.66 Å². The second kappa shape index (κ2) is 3.96. The molecule has 0 rings (SSSR count). The van der Waals surface area contributed by atoms with Crippen LogP contribution in [0.15, 0.2) is 0 Å². The van der Waals surface area contributed by atoms with Crippen molar-refractivity contribution in [3.63, 3.8) is 0 Å². The average Bonchev–Trinajstić information content (AvgIpc) is 1.80. The lowest BCUT2D eigenvalue weighted by atomic mass is 10.2. The van der Waals surface area contributed by atoms with E-state index in [1.54, 1.807) is 0 Å². The van der Waals surface area contributed by atoms with Crippen LogP contribution in [0.2, 0.25) is 0 Å². The fourth-order valence-corrected chi connectivity index (χ4v) is 0.802. The van der Waals surface area contributed by atoms with Gasteiger partial charge in [0.15, 0.2) is 0 Å². The smallest absolute Gasteiger partial charge is 0.308 e. The molecule has 2 atom stereocenters. The number of carboxylic acids is 1. The average molecular weight is 200 g/mol. The Kier molecular flexibility index (Phi) is 3.87. The highest BCUT2D eigenvalue weighted by atomic mass is 32.9. The highest BCUT2D eigenvalue weighted by molar-refractivity contribution is 8.27. The van der Waals surface area contributed by atoms with Gasteiger partial charge < -0.3 is 5.11 Å². The van der Waals surface area contributed by atoms with Crippen LogP contribution in [0.3, 0.4) is 0 Å². The standard InChI is InChI=1S/C4H8O5S2/c1-3(4(5)6)2-9-11(7,8)10/h3H,2H2,1H3,(H,5,6)(H,7,8,10). The molecule has 0 heterocycles. The molecule has 2 N–H and O–H groups in total. The molecule has 0 amide bonds. The molecule has 11 heavy (non-hydrogen) atoms. The molecular weight excluding hydrogens is 192 g/mol. The summed E-state index contributed by atoms with van der Waals surface area (Å²) in [7, 11) is -3.68. The van der Waals surface area contributed by atoms with Crippen molar-refractivity contribution in [3.8, 4) is 0 Å². The summed E-state index contributed by atoms with van der Waals surface area (Å²) in [5.41, 5.74) is 0. The zero-order valence-corrected chi connectivity index (χ0v) is 7.35. The van der Waals surface area contributed by atoms with E-state index in [9.17, 15) is 9.00 Å². The van der Waals surface area contributed by atoms with Crippen molar-refractivity contribution in [1.29, 1.82) is 0 Å². The van der Waals surface area contributed by atoms with E-state index < -0.39 is 20.9 Å². The van der Waals surface area contributed by atoms with Gasteiger partial charge in [0.1, 0.15) is 0 Å². The molecule has 7 heteroatoms. The lowest BCUT2D eigenvalue weighted by molar-refractivity contribution is -0.141. The third-order valence-corrected chi connectivity index (χ3v) is 1.61. The van der Waals surface area contributed by atoms with Crippen molar-refractivity contribution in [2.75, 3.05) is 6.61 Å². The van der Waals surface area contributed by atoms with E-state index in [1.165, 1.54) is 6.92 Å². The van der Waals surface area contributed by atoms with Gasteiger partial charge in [0.05, 0.1) is 12.5 Å². The molecular formula is C4H8O5S2. The van der Waals surface area contributed by atoms with Crippen LogP contribution in [0, 0.1) is 5.92 Å². The quantitative estimate of drug-likeness (QED) is 0.657. The van der Waals surface area contributed by atoms with E-state index >= 15 is 0 Å². The minimum atomic E-state index is -3.68. The van der Waals surface area contributed by atoms with Gasteiger partial charge in [0.2, 0.25) is 0 Å². The number of hydrogen-bond donors (Lipinski definition) is 2. The number of carbonyl (C=O) groups is 1. The number of aliphatic carboxylic acids is 1. The summed E-state index contributed by atoms with van der Waals surface area (Å²) in [6.45, 7) is 0.997. The molecule has 0 fully saturated rings. The summed E-state index contributed by atoms with van der Waals surface area (Å²) in [4.78, 5) is 10.1. The van der Waals surface area contributed by atoms with E-state index in [0.29, 0.717) is 0 Å². The fourth-order valence-electron chi connectivity index (χ4n) is 0.259. The van der Waals surface area contributed by atoms with E-state index in [1.807, 2.05) is 0 Å². The molecule has 0 aromatic carbocycles. The predicted molar refractivity (Wildman–Crippen MR) is 40.9 cm³/mol. The maximum absolute atomic E-state index is 10.3. The van der Waals surface area contributed by atoms with Crippen LogP contribution in [0.4, 0.5) is 0 Å². The summed E-state index contributed by atoms with van der Waals surface area (Å²) in [6, 6.07) is 0. The Labute approximate surface area is 69.1 Å². The van der Waals surface area contributed by atoms with Crippen LogP contribution in [0.5, 0.6) is 0 Å². The van der Waals surface area contributed by atoms with E-state index in [0.717, 1.165) is 0 Å². The molecule has 0 saturated heterocycles. The summed E-state index contributed by atoms with van der Waals surface area (Å²) in [5, 5.41) is 8.29. The van der Waals surface area contributed by atoms with Gasteiger partial charge in [0.25, 0.3) is 9.05 Å². The molecule has 2 unspecified atom stereocenters. The lowest BCUT2D eigenvalue weighted by Gasteiger charge is -2.04. The first-order valence-electron chi connectivity index (χ1n) is 2.67. The third-order valence-electron chi connectivity index (χ3n) is 0.889. The minimum Gasteiger partial charge on any atom is -0.481 e. The molecule has 5 nitrogen and oxygen atoms in total. The van der Waals surface area contributed by atoms with Crippen LogP contribution < -0.4 is 0 Å². The summed E-state index contributed by atoms with van der Waals surface area (Å²) in [6.07, 6.45) is 0. The molecule has 0 radical (unpaired) electrons. The largest absolute Gasteiger partial charge is 0.481 e. The van der Waals surface area contributed by atoms with Crippen molar-refractivity contribution in [2.24, 2.45) is 5.92 Å². The Bertz CT molecular complexity index is 231. The fraction of sp³-hybridized carbons (Fsp3) is 0.750. The van der Waals surface area contributed by atoms with Crippen molar-refractivity contribution >= 4 is 26.2 Å². The SMILES string of the molecule is CC(COS(=O)(O)=S)C(=O)O. The Morgan fingerprint density at radius 3 is 2.55 bits per heavy atom. The van der Waals surface area contributed by atoms with Gasteiger partial charge in [-0.3, -0.25) is 13.5 Å². The summed E-state index contributed by atoms with van der Waals surface area (Å²) in [5.74, 6) is -1.92. The van der Waals surface area contributed by atoms with Crippen LogP contribution >= 0.6 is 0 Å². The third kappa shape index (κ3) is 6.17. The Morgan fingerprint density at radius 2 is 2.27 bits per heavy atom. The second-order valence-electron chi connectivity index (χ2n) is 1.95. The molecule has 0 aromatic heterocycles. The summed E-state index contributed by atoms with van der Waals surface area (Å²) < 4.78 is 22.8. The van der Waals surface area contributed by atoms with Crippen LogP contribution in [-0.4, -0.2) is 26.4 Å². The van der Waals surface area contributed by atoms with Gasteiger partial charge >= 0.3 is 5.97 Å². The van der Waals surface area contributed by atoms with Crippen molar-refractivity contribution in [2.45, 2.75) is 6.92 Å². The molecule has 0 bridgehead atoms. The van der Waals surface area contributed by atoms with Gasteiger partial charge in [-0.05, 0) is 6.92 Å². The van der Waals surface area contributed by atoms with E-state index in [2.05, 4.69) is 15.4 Å². The molecule has 0 aromatic rings. The first-order valence-corrected chi connectivity index (χ1v) is 5.04. The monoisotopic (exact) mass is 200 g/mol. The first-order chi connectivity index (χ1) is 4.83. The van der Waals surface area contributed by atoms with Gasteiger partial charge in [-0.15, -0.1) is 0 Å². The Morgan fingerprint density at radius 1 is 1.82 bits per heavy atom. The Hall–Kier alpha value is -0.240. The lowest BCUT2D eigenvalue weighted by Crippen LogP contribution is -2.18. The number of carboxylic acid groups (broad SMARTS) is 1. The number of hydrogen-bond acceptors (Lipinski definition) is 4. The van der Waals surface area contributed by atoms with Crippen LogP contribution in [0.1, 0.15) is 6.92 Å². The highest BCUT2D eigenvalue weighted by Crippen LogP contribution is 1.98. The van der Waals surface area contributed by atoms with Crippen LogP contribution in [0.25, 0.3) is 0 Å². The van der Waals surface area contributed by atoms with Gasteiger partial charge in [-0.25, -0.2) is 0 Å². The van der Waals surface area contributed by atoms with Gasteiger partial charge in [0, 0.05) is 11.2 Å².